The lowest BCUT2D eigenvalue weighted by atomic mass is 9.81. The van der Waals surface area contributed by atoms with Gasteiger partial charge in [0.25, 0.3) is 0 Å². The third-order valence-electron chi connectivity index (χ3n) is 5.01. The van der Waals surface area contributed by atoms with Crippen molar-refractivity contribution < 1.29 is 59.2 Å². The first-order valence-electron chi connectivity index (χ1n) is 9.67. The predicted molar refractivity (Wildman–Crippen MR) is 98.9 cm³/mol. The van der Waals surface area contributed by atoms with Gasteiger partial charge >= 0.3 is 29.9 Å². The summed E-state index contributed by atoms with van der Waals surface area (Å²) in [5.41, 5.74) is -3.69. The van der Waals surface area contributed by atoms with Crippen LogP contribution < -0.4 is 4.74 Å². The summed E-state index contributed by atoms with van der Waals surface area (Å²) in [5, 5.41) is 22.5. The van der Waals surface area contributed by atoms with E-state index in [0.29, 0.717) is 0 Å². The van der Waals surface area contributed by atoms with Crippen LogP contribution in [0.1, 0.15) is 30.7 Å². The molecule has 17 heteroatoms. The summed E-state index contributed by atoms with van der Waals surface area (Å²) in [7, 11) is 0. The van der Waals surface area contributed by atoms with E-state index in [2.05, 4.69) is 9.47 Å². The first-order chi connectivity index (χ1) is 16.1. The maximum Gasteiger partial charge on any atom is 0.514 e. The van der Waals surface area contributed by atoms with E-state index in [9.17, 15) is 60.1 Å². The van der Waals surface area contributed by atoms with Crippen LogP contribution in [0.3, 0.4) is 0 Å². The minimum Gasteiger partial charge on any atom is -0.427 e. The highest BCUT2D eigenvalue weighted by Gasteiger charge is 2.44. The first kappa shape index (κ1) is 28.0. The summed E-state index contributed by atoms with van der Waals surface area (Å²) >= 11 is 0. The van der Waals surface area contributed by atoms with Gasteiger partial charge in [-0.2, -0.15) is 8.78 Å². The van der Waals surface area contributed by atoms with Crippen molar-refractivity contribution in [2.75, 3.05) is 6.61 Å². The largest absolute Gasteiger partial charge is 0.514 e. The number of halogens is 8. The van der Waals surface area contributed by atoms with Gasteiger partial charge in [-0.15, -0.1) is 0 Å². The highest BCUT2D eigenvalue weighted by molar-refractivity contribution is 5.68. The number of hydrogen-bond donors (Lipinski definition) is 0. The molecule has 1 saturated carbocycles. The van der Waals surface area contributed by atoms with Gasteiger partial charge in [0, 0.05) is 30.9 Å². The summed E-state index contributed by atoms with van der Waals surface area (Å²) < 4.78 is 116. The number of benzene rings is 1. The van der Waals surface area contributed by atoms with Crippen LogP contribution in [0.15, 0.2) is 12.1 Å². The quantitative estimate of drug-likeness (QED) is 0.151. The Balaban J connectivity index is 2.55. The highest BCUT2D eigenvalue weighted by atomic mass is 19.3. The average molecular weight is 524 g/mol. The molecule has 0 amide bonds. The number of nitrogens with zero attached hydrogens (tertiary/aromatic N) is 2. The third-order valence-corrected chi connectivity index (χ3v) is 5.01. The molecule has 0 aromatic heterocycles. The molecule has 4 unspecified atom stereocenters. The van der Waals surface area contributed by atoms with Crippen molar-refractivity contribution in [2.24, 2.45) is 0 Å². The van der Waals surface area contributed by atoms with Gasteiger partial charge in [-0.25, -0.2) is 31.1 Å². The Hall–Kier alpha value is -3.27. The molecule has 1 aliphatic rings. The second-order valence-corrected chi connectivity index (χ2v) is 7.55. The van der Waals surface area contributed by atoms with Gasteiger partial charge in [0.15, 0.2) is 6.61 Å². The van der Waals surface area contributed by atoms with Crippen LogP contribution in [0.5, 0.6) is 5.75 Å². The van der Waals surface area contributed by atoms with Crippen molar-refractivity contribution in [3.05, 3.63) is 37.9 Å². The fourth-order valence-corrected chi connectivity index (χ4v) is 3.42. The molecule has 35 heavy (non-hydrogen) atoms. The van der Waals surface area contributed by atoms with Crippen LogP contribution >= 0.6 is 0 Å². The van der Waals surface area contributed by atoms with Crippen LogP contribution in [-0.4, -0.2) is 59.6 Å². The molecule has 0 aliphatic heterocycles. The van der Waals surface area contributed by atoms with Gasteiger partial charge in [-0.05, 0) is 0 Å². The second-order valence-electron chi connectivity index (χ2n) is 7.55. The minimum atomic E-state index is -4.83. The number of nitro groups is 2. The Morgan fingerprint density at radius 3 is 1.91 bits per heavy atom. The Kier molecular flexibility index (Phi) is 8.78. The monoisotopic (exact) mass is 524 g/mol. The van der Waals surface area contributed by atoms with Crippen LogP contribution in [0.2, 0.25) is 0 Å². The van der Waals surface area contributed by atoms with Crippen LogP contribution in [0.25, 0.3) is 0 Å². The summed E-state index contributed by atoms with van der Waals surface area (Å²) in [4.78, 5) is 31.6. The minimum absolute atomic E-state index is 0.151. The van der Waals surface area contributed by atoms with E-state index in [4.69, 9.17) is 0 Å². The lowest BCUT2D eigenvalue weighted by Gasteiger charge is -2.30. The molecule has 0 spiro atoms. The van der Waals surface area contributed by atoms with Gasteiger partial charge in [-0.1, -0.05) is 0 Å². The van der Waals surface area contributed by atoms with E-state index in [1.807, 2.05) is 0 Å². The molecule has 2 rings (SSSR count). The molecule has 196 valence electrons. The number of hydrogen-bond acceptors (Lipinski definition) is 7. The molecule has 1 aromatic rings. The standard InChI is InChI=1S/C18H16F8N2O7/c19-7-1-8(20)3-11(22)15(10(21)2-7)9-4-12(27(30)31)13(28(32)33)5-14(9)35-17(29)34-6-18(25,26)16(23)24/h4-5,7-8,10-11,15-16H,1-3,6H2. The van der Waals surface area contributed by atoms with Gasteiger partial charge in [0.2, 0.25) is 0 Å². The van der Waals surface area contributed by atoms with E-state index in [1.54, 1.807) is 0 Å². The van der Waals surface area contributed by atoms with Crippen molar-refractivity contribution in [3.8, 4) is 5.75 Å². The molecular formula is C18H16F8N2O7. The lowest BCUT2D eigenvalue weighted by molar-refractivity contribution is -0.422. The van der Waals surface area contributed by atoms with E-state index in [1.165, 1.54) is 0 Å². The van der Waals surface area contributed by atoms with Crippen LogP contribution in [0.4, 0.5) is 51.3 Å². The Bertz CT molecular complexity index is 951. The normalized spacial score (nSPS) is 25.5. The number of carbonyl (C=O) groups is 1. The molecule has 0 radical (unpaired) electrons. The molecule has 4 atom stereocenters. The van der Waals surface area contributed by atoms with Gasteiger partial charge in [-0.3, -0.25) is 20.2 Å². The van der Waals surface area contributed by atoms with E-state index >= 15 is 0 Å². The molecule has 1 fully saturated rings. The maximum atomic E-state index is 14.8. The van der Waals surface area contributed by atoms with Gasteiger partial charge in [0.1, 0.15) is 30.4 Å². The first-order valence-corrected chi connectivity index (χ1v) is 9.67. The fraction of sp³-hybridized carbons (Fsp3) is 0.611. The Morgan fingerprint density at radius 1 is 0.971 bits per heavy atom. The highest BCUT2D eigenvalue weighted by Crippen LogP contribution is 2.45. The summed E-state index contributed by atoms with van der Waals surface area (Å²) in [6, 6.07) is 0.387. The van der Waals surface area contributed by atoms with Crippen molar-refractivity contribution in [1.82, 2.24) is 0 Å². The summed E-state index contributed by atoms with van der Waals surface area (Å²) in [6.45, 7) is -2.22. The molecule has 0 saturated heterocycles. The molecule has 0 N–H and O–H groups in total. The molecule has 9 nitrogen and oxygen atoms in total. The van der Waals surface area contributed by atoms with Crippen molar-refractivity contribution in [1.29, 1.82) is 0 Å². The smallest absolute Gasteiger partial charge is 0.427 e. The number of ether oxygens (including phenoxy) is 2. The predicted octanol–water partition coefficient (Wildman–Crippen LogP) is 5.54. The zero-order valence-corrected chi connectivity index (χ0v) is 17.2. The topological polar surface area (TPSA) is 122 Å². The number of alkyl halides is 8. The van der Waals surface area contributed by atoms with Crippen LogP contribution in [-0.2, 0) is 4.74 Å². The summed E-state index contributed by atoms with van der Waals surface area (Å²) in [5.74, 6) is -8.28. The summed E-state index contributed by atoms with van der Waals surface area (Å²) in [6.07, 6.45) is -18.7. The fourth-order valence-electron chi connectivity index (χ4n) is 3.42. The maximum absolute atomic E-state index is 14.8. The molecular weight excluding hydrogens is 508 g/mol. The number of carbonyl (C=O) groups excluding carboxylic acids is 1. The molecule has 0 heterocycles. The SMILES string of the molecule is O=C(OCC(F)(F)C(F)F)Oc1cc([N+](=O)[O-])c([N+](=O)[O-])cc1C1C(F)CC(F)CC(F)CC1F. The van der Waals surface area contributed by atoms with Crippen molar-refractivity contribution in [2.45, 2.75) is 62.2 Å². The van der Waals surface area contributed by atoms with Gasteiger partial charge < -0.3 is 9.47 Å². The molecule has 0 bridgehead atoms. The van der Waals surface area contributed by atoms with Crippen molar-refractivity contribution >= 4 is 17.5 Å². The van der Waals surface area contributed by atoms with Crippen molar-refractivity contribution in [3.63, 3.8) is 0 Å². The average Bonchev–Trinajstić information content (AvgIpc) is 2.71. The number of rotatable bonds is 7. The zero-order valence-electron chi connectivity index (χ0n) is 17.2. The number of nitro benzene ring substituents is 2. The van der Waals surface area contributed by atoms with Crippen LogP contribution in [0, 0.1) is 20.2 Å². The van der Waals surface area contributed by atoms with Gasteiger partial charge in [0.05, 0.1) is 21.8 Å². The van der Waals surface area contributed by atoms with E-state index in [0.717, 1.165) is 0 Å². The Labute approximate surface area is 190 Å². The van der Waals surface area contributed by atoms with E-state index in [-0.39, 0.29) is 12.1 Å². The zero-order chi connectivity index (χ0) is 26.7. The molecule has 1 aliphatic carbocycles. The second kappa shape index (κ2) is 11.0. The molecule has 1 aromatic carbocycles. The lowest BCUT2D eigenvalue weighted by Crippen LogP contribution is -2.35. The van der Waals surface area contributed by atoms with E-state index < -0.39 is 108 Å². The third kappa shape index (κ3) is 6.88. The Morgan fingerprint density at radius 2 is 1.46 bits per heavy atom.